The molecule has 7 aliphatic rings. The number of hydrogen-bond acceptors (Lipinski definition) is 3. The minimum Gasteiger partial charge on any atom is -0.456 e. The smallest absolute Gasteiger partial charge is 0.143 e. The highest BCUT2D eigenvalue weighted by molar-refractivity contribution is 6.20. The molecule has 128 heavy (non-hydrogen) atoms. The molecule has 0 unspecified atom stereocenters. The summed E-state index contributed by atoms with van der Waals surface area (Å²) in [4.78, 5) is 2.56. The second kappa shape index (κ2) is 28.1. The topological polar surface area (TPSA) is 29.5 Å². The molecule has 2 aromatic heterocycles. The monoisotopic (exact) mass is 1650 g/mol. The third kappa shape index (κ3) is 10.3. The van der Waals surface area contributed by atoms with Crippen molar-refractivity contribution in [3.05, 3.63) is 424 Å². The number of para-hydroxylation sites is 2. The normalized spacial score (nSPS) is 15.2. The Balaban J connectivity index is 0.616. The summed E-state index contributed by atoms with van der Waals surface area (Å²) < 4.78 is 14.3. The van der Waals surface area contributed by atoms with Gasteiger partial charge in [0, 0.05) is 60.4 Å². The van der Waals surface area contributed by atoms with Gasteiger partial charge in [-0.1, -0.05) is 361 Å². The summed E-state index contributed by atoms with van der Waals surface area (Å²) in [5.74, 6) is 0. The van der Waals surface area contributed by atoms with E-state index in [0.29, 0.717) is 0 Å². The van der Waals surface area contributed by atoms with Crippen LogP contribution in [0.2, 0.25) is 0 Å². The standard InChI is InChI=1S/C125H99NO2/c1-7-9-11-13-32-66-123(67-33-14-12-10-8-2)99-43-25-18-36-84(99)91-60-53-79(69-108(91)123)78-52-59-89-90-61-54-80(70-106(90)121(3,4)105(89)68-78)96-73-112-116(119-95-42-24-31-49-114(95)128-120(96)119)93-63-58-82(71-107(93)122(112,5)6)126(81-55-50-77(51-56-81)76-34-16-15-17-35-76)83-57-62-92-97-74-111-98(75-110(97)125(109(92)72-83)102-46-28-21-39-87(102)88-40-22-29-47-103(88)125)117-104(64-65-115-118(117)94-41-23-30-48-113(94)127-115)124(111)100-44-26-19-37-85(100)86-38-20-27-45-101(86)124/h15-31,34-65,68-75H,7-14,32-33,66-67H2,1-6H3. The molecule has 0 atom stereocenters. The molecule has 0 aliphatic heterocycles. The Kier molecular flexibility index (Phi) is 16.5. The zero-order valence-corrected chi connectivity index (χ0v) is 73.7. The van der Waals surface area contributed by atoms with Gasteiger partial charge in [-0.3, -0.25) is 0 Å². The minimum absolute atomic E-state index is 0.0139. The Bertz CT molecular complexity index is 7820. The van der Waals surface area contributed by atoms with Crippen molar-refractivity contribution in [2.75, 3.05) is 4.90 Å². The molecule has 2 heterocycles. The molecular weight excluding hydrogens is 1550 g/mol. The molecule has 2 spiro atoms. The molecule has 0 bridgehead atoms. The van der Waals surface area contributed by atoms with Crippen LogP contribution < -0.4 is 4.90 Å². The molecule has 0 fully saturated rings. The Morgan fingerprint density at radius 3 is 1.23 bits per heavy atom. The molecule has 7 aliphatic carbocycles. The fourth-order valence-corrected chi connectivity index (χ4v) is 26.0. The fourth-order valence-electron chi connectivity index (χ4n) is 26.0. The van der Waals surface area contributed by atoms with Gasteiger partial charge in [-0.2, -0.15) is 0 Å². The Labute approximate surface area is 750 Å². The van der Waals surface area contributed by atoms with E-state index in [-0.39, 0.29) is 10.8 Å². The largest absolute Gasteiger partial charge is 0.456 e. The molecule has 26 rings (SSSR count). The van der Waals surface area contributed by atoms with Crippen LogP contribution in [0.4, 0.5) is 17.1 Å². The summed E-state index contributed by atoms with van der Waals surface area (Å²) in [7, 11) is 0. The molecule has 0 radical (unpaired) electrons. The zero-order valence-electron chi connectivity index (χ0n) is 73.7. The van der Waals surface area contributed by atoms with E-state index >= 15 is 0 Å². The van der Waals surface area contributed by atoms with Crippen LogP contribution in [0.1, 0.15) is 196 Å². The number of nitrogens with zero attached hydrogens (tertiary/aromatic N) is 1. The Morgan fingerprint density at radius 1 is 0.227 bits per heavy atom. The second-order valence-electron chi connectivity index (χ2n) is 38.9. The van der Waals surface area contributed by atoms with Crippen molar-refractivity contribution >= 4 is 60.9 Å². The first-order valence-electron chi connectivity index (χ1n) is 47.2. The maximum Gasteiger partial charge on any atom is 0.143 e. The molecule has 0 amide bonds. The number of unbranched alkanes of at least 4 members (excludes halogenated alkanes) is 8. The van der Waals surface area contributed by atoms with Crippen molar-refractivity contribution in [2.45, 2.75) is 146 Å². The summed E-state index contributed by atoms with van der Waals surface area (Å²) >= 11 is 0. The Hall–Kier alpha value is -13.9. The first kappa shape index (κ1) is 75.5. The molecule has 0 saturated heterocycles. The number of rotatable bonds is 18. The maximum absolute atomic E-state index is 7.36. The van der Waals surface area contributed by atoms with Gasteiger partial charge >= 0.3 is 0 Å². The number of fused-ring (bicyclic) bond motifs is 37. The van der Waals surface area contributed by atoms with Gasteiger partial charge in [-0.25, -0.2) is 0 Å². The molecule has 0 saturated carbocycles. The summed E-state index contributed by atoms with van der Waals surface area (Å²) in [6.45, 7) is 14.5. The van der Waals surface area contributed by atoms with Crippen LogP contribution in [-0.4, -0.2) is 0 Å². The summed E-state index contributed by atoms with van der Waals surface area (Å²) in [6, 6.07) is 134. The van der Waals surface area contributed by atoms with Crippen LogP contribution in [0.3, 0.4) is 0 Å². The van der Waals surface area contributed by atoms with Gasteiger partial charge in [-0.05, 0) is 287 Å². The van der Waals surface area contributed by atoms with Crippen LogP contribution in [-0.2, 0) is 27.1 Å². The molecule has 0 N–H and O–H groups in total. The van der Waals surface area contributed by atoms with Crippen LogP contribution in [0.25, 0.3) is 155 Å². The van der Waals surface area contributed by atoms with E-state index < -0.39 is 16.2 Å². The highest BCUT2D eigenvalue weighted by Gasteiger charge is 2.58. The van der Waals surface area contributed by atoms with Gasteiger partial charge in [0.05, 0.1) is 10.8 Å². The van der Waals surface area contributed by atoms with Crippen molar-refractivity contribution in [1.29, 1.82) is 0 Å². The average Bonchev–Trinajstić information content (AvgIpc) is 1.48. The fraction of sp³-hybridized carbons (Fsp3) is 0.184. The van der Waals surface area contributed by atoms with Gasteiger partial charge in [0.15, 0.2) is 0 Å². The van der Waals surface area contributed by atoms with Crippen LogP contribution in [0.15, 0.2) is 355 Å². The van der Waals surface area contributed by atoms with E-state index in [9.17, 15) is 0 Å². The van der Waals surface area contributed by atoms with E-state index in [4.69, 9.17) is 8.83 Å². The van der Waals surface area contributed by atoms with Gasteiger partial charge in [-0.15, -0.1) is 0 Å². The average molecular weight is 1650 g/mol. The highest BCUT2D eigenvalue weighted by Crippen LogP contribution is 2.71. The molecular formula is C125H99NO2. The molecule has 616 valence electrons. The quantitative estimate of drug-likeness (QED) is 0.0802. The molecule has 3 nitrogen and oxygen atoms in total. The maximum atomic E-state index is 7.36. The lowest BCUT2D eigenvalue weighted by Gasteiger charge is -2.33. The van der Waals surface area contributed by atoms with Crippen LogP contribution in [0, 0.1) is 0 Å². The molecule has 17 aromatic carbocycles. The van der Waals surface area contributed by atoms with Crippen molar-refractivity contribution in [2.24, 2.45) is 0 Å². The van der Waals surface area contributed by atoms with E-state index in [1.807, 2.05) is 0 Å². The third-order valence-electron chi connectivity index (χ3n) is 31.8. The molecule has 3 heteroatoms. The number of furan rings is 2. The van der Waals surface area contributed by atoms with Crippen molar-refractivity contribution in [1.82, 2.24) is 0 Å². The van der Waals surface area contributed by atoms with E-state index in [0.717, 1.165) is 55.7 Å². The van der Waals surface area contributed by atoms with Gasteiger partial charge in [0.25, 0.3) is 0 Å². The van der Waals surface area contributed by atoms with Crippen molar-refractivity contribution in [3.63, 3.8) is 0 Å². The summed E-state index contributed by atoms with van der Waals surface area (Å²) in [6.07, 6.45) is 15.3. The number of anilines is 3. The summed E-state index contributed by atoms with van der Waals surface area (Å²) in [5.41, 5.74) is 49.1. The number of hydrogen-bond donors (Lipinski definition) is 0. The van der Waals surface area contributed by atoms with Crippen LogP contribution >= 0.6 is 0 Å². The highest BCUT2D eigenvalue weighted by atomic mass is 16.3. The lowest BCUT2D eigenvalue weighted by molar-refractivity contribution is 0.399. The lowest BCUT2D eigenvalue weighted by Crippen LogP contribution is -2.27. The van der Waals surface area contributed by atoms with Crippen LogP contribution in [0.5, 0.6) is 0 Å². The van der Waals surface area contributed by atoms with Crippen molar-refractivity contribution in [3.8, 4) is 111 Å². The zero-order chi connectivity index (χ0) is 85.3. The Morgan fingerprint density at radius 2 is 0.617 bits per heavy atom. The first-order chi connectivity index (χ1) is 62.9. The van der Waals surface area contributed by atoms with E-state index in [1.54, 1.807) is 11.1 Å². The van der Waals surface area contributed by atoms with E-state index in [2.05, 4.69) is 392 Å². The van der Waals surface area contributed by atoms with E-state index in [1.165, 1.54) is 260 Å². The van der Waals surface area contributed by atoms with Gasteiger partial charge in [0.2, 0.25) is 0 Å². The predicted octanol–water partition coefficient (Wildman–Crippen LogP) is 34.2. The molecule has 19 aromatic rings. The predicted molar refractivity (Wildman–Crippen MR) is 533 cm³/mol. The second-order valence-corrected chi connectivity index (χ2v) is 38.9. The van der Waals surface area contributed by atoms with Gasteiger partial charge in [0.1, 0.15) is 22.3 Å². The first-order valence-corrected chi connectivity index (χ1v) is 47.2. The lowest BCUT2D eigenvalue weighted by atomic mass is 9.68. The summed E-state index contributed by atoms with van der Waals surface area (Å²) in [5, 5.41) is 4.61. The SMILES string of the molecule is CCCCCCCC1(CCCCCCC)c2ccccc2-c2ccc(-c3ccc4c(c3)C(C)(C)c3cc(-c5cc6c(c7c5oc5ccccc57)-c5ccc(N(c7ccc(-c8ccccc8)cc7)c7ccc8c(c7)C7(c9ccccc9-c9ccccc97)c7cc9c(cc7-8)C7(c8ccccc8-c8ccccc87)c7ccc8oc%10ccccc%10c8c7-9)cc5C6(C)C)ccc3-4)cc21. The van der Waals surface area contributed by atoms with Gasteiger partial charge < -0.3 is 13.7 Å². The number of benzene rings is 17. The third-order valence-corrected chi connectivity index (χ3v) is 31.8. The minimum atomic E-state index is -0.717. The van der Waals surface area contributed by atoms with Crippen molar-refractivity contribution < 1.29 is 8.83 Å².